The van der Waals surface area contributed by atoms with Gasteiger partial charge in [0.2, 0.25) is 0 Å². The van der Waals surface area contributed by atoms with E-state index in [1.807, 2.05) is 0 Å². The summed E-state index contributed by atoms with van der Waals surface area (Å²) in [4.78, 5) is 39.2. The Balaban J connectivity index is -0.000000295. The second kappa shape index (κ2) is 13.5. The van der Waals surface area contributed by atoms with Crippen LogP contribution >= 0.6 is 0 Å². The molecule has 0 spiro atoms. The summed E-state index contributed by atoms with van der Waals surface area (Å²) in [6.45, 7) is 0. The average Bonchev–Trinajstić information content (AvgIpc) is 2.33. The van der Waals surface area contributed by atoms with Gasteiger partial charge in [-0.1, -0.05) is 0 Å². The first-order valence-electron chi connectivity index (χ1n) is 5.40. The fourth-order valence-electron chi connectivity index (χ4n) is 0.782. The monoisotopic (exact) mass is 338 g/mol. The Morgan fingerprint density at radius 2 is 0.952 bits per heavy atom. The Morgan fingerprint density at radius 1 is 0.714 bits per heavy atom. The molecule has 11 heteroatoms. The number of carboxylic acids is 4. The summed E-state index contributed by atoms with van der Waals surface area (Å²) in [5, 5.41) is 39.2. The fourth-order valence-corrected chi connectivity index (χ4v) is 0.782. The maximum absolute atomic E-state index is 9.86. The summed E-state index contributed by atoms with van der Waals surface area (Å²) in [7, 11) is 0. The van der Waals surface area contributed by atoms with Crippen molar-refractivity contribution in [3.05, 3.63) is 0 Å². The number of carbonyl (C=O) groups excluding carboxylic acids is 4. The topological polar surface area (TPSA) is 213 Å². The van der Waals surface area contributed by atoms with E-state index in [0.29, 0.717) is 0 Å². The Morgan fingerprint density at radius 3 is 1.10 bits per heavy atom. The Kier molecular flexibility index (Phi) is 15.8. The molecule has 4 N–H and O–H groups in total. The van der Waals surface area contributed by atoms with E-state index < -0.39 is 36.0 Å². The van der Waals surface area contributed by atoms with Crippen molar-refractivity contribution in [2.45, 2.75) is 37.8 Å². The van der Waals surface area contributed by atoms with Crippen LogP contribution in [0.5, 0.6) is 0 Å². The Labute approximate surface area is 135 Å². The van der Waals surface area contributed by atoms with Crippen molar-refractivity contribution in [1.82, 2.24) is 0 Å². The SMILES string of the molecule is N[C@@H](CCC(=O)[O-])C(=O)[O-].N[C@@H](CCC(=O)[O-])C(=O)[O-].[Ti+4]. The minimum Gasteiger partial charge on any atom is -0.550 e. The van der Waals surface area contributed by atoms with Crippen molar-refractivity contribution in [3.63, 3.8) is 0 Å². The molecule has 116 valence electrons. The van der Waals surface area contributed by atoms with Crippen molar-refractivity contribution in [1.29, 1.82) is 0 Å². The molecule has 0 amide bonds. The minimum atomic E-state index is -1.44. The smallest absolute Gasteiger partial charge is 0.550 e. The van der Waals surface area contributed by atoms with Crippen molar-refractivity contribution in [2.75, 3.05) is 0 Å². The zero-order valence-corrected chi connectivity index (χ0v) is 12.5. The van der Waals surface area contributed by atoms with Crippen LogP contribution in [0, 0.1) is 0 Å². The predicted octanol–water partition coefficient (Wildman–Crippen LogP) is -6.82. The fraction of sp³-hybridized carbons (Fsp3) is 0.600. The van der Waals surface area contributed by atoms with Crippen molar-refractivity contribution < 1.29 is 61.3 Å². The predicted molar refractivity (Wildman–Crippen MR) is 54.4 cm³/mol. The van der Waals surface area contributed by atoms with E-state index in [4.69, 9.17) is 11.5 Å². The van der Waals surface area contributed by atoms with Crippen LogP contribution in [-0.4, -0.2) is 36.0 Å². The summed E-state index contributed by atoms with van der Waals surface area (Å²) >= 11 is 0. The Hall–Kier alpha value is -1.49. The maximum atomic E-state index is 9.86. The third-order valence-electron chi connectivity index (χ3n) is 1.92. The van der Waals surface area contributed by atoms with Crippen molar-refractivity contribution in [2.24, 2.45) is 11.5 Å². The standard InChI is InChI=1S/2C5H9NO4.Ti/c2*6-3(5(9)10)1-2-4(7)8;/h2*3H,1-2,6H2,(H,7,8)(H,9,10);/q;;+4/p-4/t2*3-;/m00./s1. The molecule has 0 aliphatic carbocycles. The minimum absolute atomic E-state index is 0. The molecule has 0 saturated carbocycles. The maximum Gasteiger partial charge on any atom is 4.00 e. The molecule has 0 saturated heterocycles. The second-order valence-corrected chi connectivity index (χ2v) is 3.67. The molecular formula is C10H14N2O8Ti. The van der Waals surface area contributed by atoms with Gasteiger partial charge in [-0.25, -0.2) is 0 Å². The number of carboxylic acid groups (broad SMARTS) is 4. The van der Waals surface area contributed by atoms with Gasteiger partial charge in [-0.15, -0.1) is 0 Å². The molecule has 2 atom stereocenters. The molecule has 0 fully saturated rings. The van der Waals surface area contributed by atoms with Crippen LogP contribution in [0.3, 0.4) is 0 Å². The molecule has 0 heterocycles. The quantitative estimate of drug-likeness (QED) is 0.399. The summed E-state index contributed by atoms with van der Waals surface area (Å²) in [5.74, 6) is -5.50. The normalized spacial score (nSPS) is 11.9. The van der Waals surface area contributed by atoms with Crippen LogP contribution in [0.4, 0.5) is 0 Å². The number of carbonyl (C=O) groups is 4. The third kappa shape index (κ3) is 18.5. The van der Waals surface area contributed by atoms with Crippen LogP contribution in [0.25, 0.3) is 0 Å². The summed E-state index contributed by atoms with van der Waals surface area (Å²) in [5.41, 5.74) is 9.82. The van der Waals surface area contributed by atoms with Gasteiger partial charge in [-0.05, 0) is 25.7 Å². The zero-order chi connectivity index (χ0) is 16.3. The third-order valence-corrected chi connectivity index (χ3v) is 1.92. The molecule has 0 aromatic rings. The van der Waals surface area contributed by atoms with Gasteiger partial charge in [-0.3, -0.25) is 0 Å². The van der Waals surface area contributed by atoms with Gasteiger partial charge in [0.15, 0.2) is 0 Å². The molecule has 10 nitrogen and oxygen atoms in total. The average molecular weight is 338 g/mol. The number of hydrogen-bond donors (Lipinski definition) is 2. The second-order valence-electron chi connectivity index (χ2n) is 3.67. The van der Waals surface area contributed by atoms with E-state index in [1.165, 1.54) is 0 Å². The van der Waals surface area contributed by atoms with Crippen LogP contribution in [0.1, 0.15) is 25.7 Å². The molecular weight excluding hydrogens is 324 g/mol. The summed E-state index contributed by atoms with van der Waals surface area (Å²) in [6, 6.07) is -2.42. The number of rotatable bonds is 8. The molecule has 0 radical (unpaired) electrons. The molecule has 21 heavy (non-hydrogen) atoms. The van der Waals surface area contributed by atoms with Gasteiger partial charge in [0.25, 0.3) is 0 Å². The first-order chi connectivity index (χ1) is 9.07. The van der Waals surface area contributed by atoms with Crippen LogP contribution < -0.4 is 31.9 Å². The first-order valence-corrected chi connectivity index (χ1v) is 5.40. The van der Waals surface area contributed by atoms with Crippen molar-refractivity contribution in [3.8, 4) is 0 Å². The molecule has 0 bridgehead atoms. The van der Waals surface area contributed by atoms with E-state index in [-0.39, 0.29) is 47.4 Å². The van der Waals surface area contributed by atoms with E-state index in [0.717, 1.165) is 0 Å². The molecule has 0 aromatic carbocycles. The summed E-state index contributed by atoms with van der Waals surface area (Å²) in [6.07, 6.45) is -1.00. The van der Waals surface area contributed by atoms with E-state index >= 15 is 0 Å². The number of hydrogen-bond acceptors (Lipinski definition) is 10. The van der Waals surface area contributed by atoms with Gasteiger partial charge in [0.1, 0.15) is 0 Å². The number of aliphatic carboxylic acids is 4. The van der Waals surface area contributed by atoms with E-state index in [1.54, 1.807) is 0 Å². The largest absolute Gasteiger partial charge is 4.00 e. The van der Waals surface area contributed by atoms with E-state index in [9.17, 15) is 39.6 Å². The molecule has 0 unspecified atom stereocenters. The van der Waals surface area contributed by atoms with Gasteiger partial charge < -0.3 is 51.1 Å². The van der Waals surface area contributed by atoms with E-state index in [2.05, 4.69) is 0 Å². The van der Waals surface area contributed by atoms with Crippen molar-refractivity contribution >= 4 is 23.9 Å². The molecule has 0 aliphatic heterocycles. The van der Waals surface area contributed by atoms with Crippen LogP contribution in [0.2, 0.25) is 0 Å². The molecule has 0 rings (SSSR count). The summed E-state index contributed by atoms with van der Waals surface area (Å²) < 4.78 is 0. The molecule has 0 aliphatic rings. The van der Waals surface area contributed by atoms with Gasteiger partial charge in [-0.2, -0.15) is 0 Å². The van der Waals surface area contributed by atoms with Crippen LogP contribution in [-0.2, 0) is 40.9 Å². The van der Waals surface area contributed by atoms with Gasteiger partial charge in [0, 0.05) is 24.0 Å². The molecule has 0 aromatic heterocycles. The Bertz CT molecular complexity index is 329. The van der Waals surface area contributed by atoms with Gasteiger partial charge in [0.05, 0.1) is 11.9 Å². The number of nitrogens with two attached hydrogens (primary N) is 2. The first kappa shape index (κ1) is 24.5. The zero-order valence-electron chi connectivity index (χ0n) is 10.9. The van der Waals surface area contributed by atoms with Crippen LogP contribution in [0.15, 0.2) is 0 Å². The van der Waals surface area contributed by atoms with Gasteiger partial charge >= 0.3 is 21.7 Å².